The first kappa shape index (κ1) is 14.5. The quantitative estimate of drug-likeness (QED) is 0.891. The zero-order chi connectivity index (χ0) is 15.7. The van der Waals surface area contributed by atoms with Crippen LogP contribution in [0.3, 0.4) is 0 Å². The number of ether oxygens (including phenoxy) is 1. The van der Waals surface area contributed by atoms with E-state index in [9.17, 15) is 9.59 Å². The van der Waals surface area contributed by atoms with Crippen molar-refractivity contribution in [2.24, 2.45) is 0 Å². The number of carbonyl (C=O) groups is 2. The van der Waals surface area contributed by atoms with Crippen LogP contribution in [-0.4, -0.2) is 30.5 Å². The van der Waals surface area contributed by atoms with Crippen molar-refractivity contribution in [2.45, 2.75) is 0 Å². The molecule has 1 aromatic carbocycles. The van der Waals surface area contributed by atoms with Gasteiger partial charge in [-0.2, -0.15) is 0 Å². The summed E-state index contributed by atoms with van der Waals surface area (Å²) in [5, 5.41) is 2.78. The Morgan fingerprint density at radius 3 is 2.95 bits per heavy atom. The number of halogens is 1. The van der Waals surface area contributed by atoms with Crippen LogP contribution in [-0.2, 0) is 4.79 Å². The van der Waals surface area contributed by atoms with Crippen molar-refractivity contribution >= 4 is 39.1 Å². The number of anilines is 2. The summed E-state index contributed by atoms with van der Waals surface area (Å²) in [6.07, 6.45) is 3.09. The maximum atomic E-state index is 12.2. The second-order valence-corrected chi connectivity index (χ2v) is 5.69. The molecule has 0 atom stereocenters. The molecule has 0 spiro atoms. The Bertz CT molecular complexity index is 763. The van der Waals surface area contributed by atoms with Gasteiger partial charge < -0.3 is 15.0 Å². The predicted octanol–water partition coefficient (Wildman–Crippen LogP) is 2.45. The van der Waals surface area contributed by atoms with Crippen molar-refractivity contribution < 1.29 is 14.3 Å². The second-order valence-electron chi connectivity index (χ2n) is 4.77. The van der Waals surface area contributed by atoms with E-state index >= 15 is 0 Å². The average Bonchev–Trinajstić information content (AvgIpc) is 2.51. The van der Waals surface area contributed by atoms with Crippen molar-refractivity contribution in [3.05, 3.63) is 46.7 Å². The molecule has 0 bridgehead atoms. The van der Waals surface area contributed by atoms with Crippen molar-refractivity contribution in [3.63, 3.8) is 0 Å². The van der Waals surface area contributed by atoms with Gasteiger partial charge in [0.1, 0.15) is 5.75 Å². The van der Waals surface area contributed by atoms with Crippen molar-refractivity contribution in [2.75, 3.05) is 23.9 Å². The summed E-state index contributed by atoms with van der Waals surface area (Å²) in [5.74, 6) is 0.204. The molecule has 2 aromatic rings. The van der Waals surface area contributed by atoms with E-state index in [4.69, 9.17) is 4.74 Å². The Balaban J connectivity index is 1.84. The lowest BCUT2D eigenvalue weighted by Crippen LogP contribution is -2.35. The molecular weight excluding hydrogens is 350 g/mol. The van der Waals surface area contributed by atoms with E-state index < -0.39 is 0 Å². The summed E-state index contributed by atoms with van der Waals surface area (Å²) in [4.78, 5) is 29.3. The van der Waals surface area contributed by atoms with Crippen molar-refractivity contribution in [1.29, 1.82) is 0 Å². The van der Waals surface area contributed by atoms with Crippen LogP contribution < -0.4 is 15.0 Å². The Kier molecular flexibility index (Phi) is 3.81. The third-order valence-electron chi connectivity index (χ3n) is 3.27. The van der Waals surface area contributed by atoms with E-state index in [0.29, 0.717) is 22.7 Å². The summed E-state index contributed by atoms with van der Waals surface area (Å²) < 4.78 is 6.07. The van der Waals surface area contributed by atoms with Gasteiger partial charge in [-0.25, -0.2) is 0 Å². The molecule has 0 unspecified atom stereocenters. The monoisotopic (exact) mass is 361 g/mol. The lowest BCUT2D eigenvalue weighted by molar-refractivity contribution is -0.120. The van der Waals surface area contributed by atoms with Crippen LogP contribution in [0.1, 0.15) is 10.4 Å². The van der Waals surface area contributed by atoms with Gasteiger partial charge in [-0.15, -0.1) is 0 Å². The highest BCUT2D eigenvalue weighted by Crippen LogP contribution is 2.33. The molecule has 2 amide bonds. The number of nitrogens with one attached hydrogen (secondary N) is 1. The topological polar surface area (TPSA) is 71.5 Å². The molecule has 0 saturated heterocycles. The van der Waals surface area contributed by atoms with Gasteiger partial charge in [0.2, 0.25) is 0 Å². The zero-order valence-corrected chi connectivity index (χ0v) is 13.3. The molecule has 1 N–H and O–H groups in total. The molecule has 22 heavy (non-hydrogen) atoms. The van der Waals surface area contributed by atoms with E-state index in [1.54, 1.807) is 37.5 Å². The fraction of sp³-hybridized carbons (Fsp3) is 0.133. The highest BCUT2D eigenvalue weighted by molar-refractivity contribution is 9.10. The Labute approximate surface area is 135 Å². The number of likely N-dealkylation sites (N-methyl/N-ethyl adjacent to an activating group) is 1. The van der Waals surface area contributed by atoms with E-state index in [1.807, 2.05) is 0 Å². The van der Waals surface area contributed by atoms with E-state index in [2.05, 4.69) is 26.2 Å². The molecular formula is C15H12BrN3O3. The van der Waals surface area contributed by atoms with Gasteiger partial charge >= 0.3 is 0 Å². The number of pyridine rings is 1. The maximum Gasteiger partial charge on any atom is 0.264 e. The number of nitrogens with zero attached hydrogens (tertiary/aromatic N) is 2. The number of carbonyl (C=O) groups excluding carboxylic acids is 2. The Morgan fingerprint density at radius 2 is 2.18 bits per heavy atom. The fourth-order valence-electron chi connectivity index (χ4n) is 2.09. The molecule has 1 aliphatic rings. The minimum Gasteiger partial charge on any atom is -0.482 e. The molecule has 0 saturated carbocycles. The largest absolute Gasteiger partial charge is 0.482 e. The maximum absolute atomic E-state index is 12.2. The predicted molar refractivity (Wildman–Crippen MR) is 85.2 cm³/mol. The molecule has 0 radical (unpaired) electrons. The van der Waals surface area contributed by atoms with Crippen molar-refractivity contribution in [1.82, 2.24) is 4.98 Å². The summed E-state index contributed by atoms with van der Waals surface area (Å²) in [7, 11) is 1.67. The van der Waals surface area contributed by atoms with E-state index in [0.717, 1.165) is 4.47 Å². The van der Waals surface area contributed by atoms with Crippen LogP contribution in [0, 0.1) is 0 Å². The van der Waals surface area contributed by atoms with Gasteiger partial charge in [0.25, 0.3) is 11.8 Å². The molecule has 1 aromatic heterocycles. The summed E-state index contributed by atoms with van der Waals surface area (Å²) in [6, 6.07) is 6.84. The lowest BCUT2D eigenvalue weighted by atomic mass is 10.2. The summed E-state index contributed by atoms with van der Waals surface area (Å²) in [5.41, 5.74) is 1.64. The minimum absolute atomic E-state index is 0.0267. The van der Waals surface area contributed by atoms with Gasteiger partial charge in [0, 0.05) is 29.6 Å². The smallest absolute Gasteiger partial charge is 0.264 e. The normalized spacial score (nSPS) is 13.4. The van der Waals surface area contributed by atoms with Crippen LogP contribution in [0.15, 0.2) is 41.1 Å². The fourth-order valence-corrected chi connectivity index (χ4v) is 2.45. The minimum atomic E-state index is -0.278. The molecule has 0 fully saturated rings. The molecule has 0 aliphatic carbocycles. The summed E-state index contributed by atoms with van der Waals surface area (Å²) >= 11 is 3.28. The van der Waals surface area contributed by atoms with Crippen LogP contribution in [0.4, 0.5) is 11.4 Å². The Hall–Kier alpha value is -2.41. The van der Waals surface area contributed by atoms with E-state index in [-0.39, 0.29) is 18.4 Å². The van der Waals surface area contributed by atoms with Crippen LogP contribution in [0.25, 0.3) is 0 Å². The standard InChI is InChI=1S/C15H12BrN3O3/c1-19-12-5-11(2-3-13(12)22-8-14(19)20)18-15(21)9-4-10(16)7-17-6-9/h2-7H,8H2,1H3,(H,18,21). The first-order valence-corrected chi connectivity index (χ1v) is 7.29. The number of benzene rings is 1. The molecule has 1 aliphatic heterocycles. The number of amides is 2. The van der Waals surface area contributed by atoms with Crippen LogP contribution in [0.2, 0.25) is 0 Å². The zero-order valence-electron chi connectivity index (χ0n) is 11.7. The Morgan fingerprint density at radius 1 is 1.36 bits per heavy atom. The van der Waals surface area contributed by atoms with Crippen LogP contribution >= 0.6 is 15.9 Å². The molecule has 112 valence electrons. The third-order valence-corrected chi connectivity index (χ3v) is 3.70. The number of aromatic nitrogens is 1. The number of hydrogen-bond donors (Lipinski definition) is 1. The molecule has 7 heteroatoms. The van der Waals surface area contributed by atoms with E-state index in [1.165, 1.54) is 11.1 Å². The van der Waals surface area contributed by atoms with Gasteiger partial charge in [0.05, 0.1) is 11.3 Å². The number of fused-ring (bicyclic) bond motifs is 1. The van der Waals surface area contributed by atoms with Gasteiger partial charge in [-0.05, 0) is 40.2 Å². The van der Waals surface area contributed by atoms with Crippen molar-refractivity contribution in [3.8, 4) is 5.75 Å². The average molecular weight is 362 g/mol. The second kappa shape index (κ2) is 5.76. The molecule has 3 rings (SSSR count). The molecule has 6 nitrogen and oxygen atoms in total. The summed E-state index contributed by atoms with van der Waals surface area (Å²) in [6.45, 7) is 0.0267. The molecule has 2 heterocycles. The highest BCUT2D eigenvalue weighted by Gasteiger charge is 2.22. The van der Waals surface area contributed by atoms with Gasteiger partial charge in [-0.3, -0.25) is 14.6 Å². The third kappa shape index (κ3) is 2.80. The number of hydrogen-bond acceptors (Lipinski definition) is 4. The number of rotatable bonds is 2. The first-order chi connectivity index (χ1) is 10.5. The first-order valence-electron chi connectivity index (χ1n) is 6.50. The lowest BCUT2D eigenvalue weighted by Gasteiger charge is -2.26. The van der Waals surface area contributed by atoms with Gasteiger partial charge in [0.15, 0.2) is 6.61 Å². The highest BCUT2D eigenvalue weighted by atomic mass is 79.9. The van der Waals surface area contributed by atoms with Crippen LogP contribution in [0.5, 0.6) is 5.75 Å². The van der Waals surface area contributed by atoms with Gasteiger partial charge in [-0.1, -0.05) is 0 Å². The SMILES string of the molecule is CN1C(=O)COc2ccc(NC(=O)c3cncc(Br)c3)cc21.